The zero-order valence-corrected chi connectivity index (χ0v) is 11.6. The van der Waals surface area contributed by atoms with E-state index in [-0.39, 0.29) is 11.5 Å². The van der Waals surface area contributed by atoms with Crippen molar-refractivity contribution < 1.29 is 27.7 Å². The van der Waals surface area contributed by atoms with E-state index in [4.69, 9.17) is 39.2 Å². The minimum atomic E-state index is -4.67. The van der Waals surface area contributed by atoms with E-state index in [1.54, 1.807) is 48.5 Å². The maximum atomic E-state index is 8.79. The highest BCUT2D eigenvalue weighted by Crippen LogP contribution is 2.16. The van der Waals surface area contributed by atoms with Crippen LogP contribution in [-0.2, 0) is 10.4 Å². The molecule has 0 amide bonds. The standard InChI is InChI=1S/2C6H7NO.H2O4S/c2*7-5-3-1-2-4-6(5)8;1-5(2,3)4/h2*1-4,8H,7H2;(H2,1,2,3,4). The van der Waals surface area contributed by atoms with Crippen molar-refractivity contribution in [2.75, 3.05) is 11.5 Å². The molecule has 2 aromatic carbocycles. The molecule has 0 aliphatic heterocycles. The van der Waals surface area contributed by atoms with Gasteiger partial charge in [-0.05, 0) is 24.3 Å². The van der Waals surface area contributed by atoms with Gasteiger partial charge in [0.2, 0.25) is 0 Å². The summed E-state index contributed by atoms with van der Waals surface area (Å²) < 4.78 is 31.6. The van der Waals surface area contributed by atoms with Crippen LogP contribution in [0.4, 0.5) is 11.4 Å². The Morgan fingerprint density at radius 3 is 1.10 bits per heavy atom. The Morgan fingerprint density at radius 2 is 0.952 bits per heavy atom. The molecule has 2 aromatic rings. The second kappa shape index (κ2) is 8.64. The van der Waals surface area contributed by atoms with Crippen molar-refractivity contribution in [3.63, 3.8) is 0 Å². The van der Waals surface area contributed by atoms with Crippen LogP contribution in [0.5, 0.6) is 11.5 Å². The number of rotatable bonds is 0. The van der Waals surface area contributed by atoms with Crippen LogP contribution in [0, 0.1) is 0 Å². The van der Waals surface area contributed by atoms with E-state index in [0.717, 1.165) is 0 Å². The molecule has 8 N–H and O–H groups in total. The SMILES string of the molecule is Nc1ccccc1O.Nc1ccccc1O.O=S(=O)(O)O. The third kappa shape index (κ3) is 11.1. The molecule has 0 spiro atoms. The van der Waals surface area contributed by atoms with Crippen molar-refractivity contribution in [3.8, 4) is 11.5 Å². The summed E-state index contributed by atoms with van der Waals surface area (Å²) >= 11 is 0. The third-order valence-corrected chi connectivity index (χ3v) is 1.87. The van der Waals surface area contributed by atoms with Crippen LogP contribution >= 0.6 is 0 Å². The van der Waals surface area contributed by atoms with Crippen molar-refractivity contribution in [1.82, 2.24) is 0 Å². The number of anilines is 2. The molecule has 0 radical (unpaired) electrons. The number of nitrogen functional groups attached to an aromatic ring is 2. The minimum Gasteiger partial charge on any atom is -0.506 e. The van der Waals surface area contributed by atoms with Gasteiger partial charge in [-0.3, -0.25) is 9.11 Å². The first-order chi connectivity index (χ1) is 9.61. The molecule has 9 heteroatoms. The number of nitrogens with two attached hydrogens (primary N) is 2. The van der Waals surface area contributed by atoms with Crippen LogP contribution in [0.25, 0.3) is 0 Å². The second-order valence-corrected chi connectivity index (χ2v) is 4.46. The molecule has 0 bridgehead atoms. The molecule has 0 aromatic heterocycles. The van der Waals surface area contributed by atoms with Gasteiger partial charge < -0.3 is 21.7 Å². The first kappa shape index (κ1) is 18.5. The molecule has 0 heterocycles. The lowest BCUT2D eigenvalue weighted by Crippen LogP contribution is -1.89. The Hall–Kier alpha value is -2.49. The quantitative estimate of drug-likeness (QED) is 0.240. The Kier molecular flexibility index (Phi) is 7.61. The predicted octanol–water partition coefficient (Wildman–Crippen LogP) is 1.30. The summed E-state index contributed by atoms with van der Waals surface area (Å²) in [6.07, 6.45) is 0. The van der Waals surface area contributed by atoms with Gasteiger partial charge in [-0.15, -0.1) is 0 Å². The van der Waals surface area contributed by atoms with Gasteiger partial charge in [0.15, 0.2) is 0 Å². The van der Waals surface area contributed by atoms with Gasteiger partial charge in [0.1, 0.15) is 11.5 Å². The number of hydrogen-bond acceptors (Lipinski definition) is 6. The number of phenolic OH excluding ortho intramolecular Hbond substituents is 2. The monoisotopic (exact) mass is 316 g/mol. The summed E-state index contributed by atoms with van der Waals surface area (Å²) in [5, 5.41) is 17.6. The van der Waals surface area contributed by atoms with Crippen LogP contribution < -0.4 is 11.5 Å². The summed E-state index contributed by atoms with van der Waals surface area (Å²) in [6.45, 7) is 0. The molecule has 0 aliphatic rings. The average molecular weight is 316 g/mol. The zero-order chi connectivity index (χ0) is 16.5. The van der Waals surface area contributed by atoms with E-state index in [9.17, 15) is 0 Å². The lowest BCUT2D eigenvalue weighted by atomic mass is 10.3. The van der Waals surface area contributed by atoms with E-state index < -0.39 is 10.4 Å². The molecule has 0 saturated carbocycles. The molecule has 0 atom stereocenters. The molecule has 0 fully saturated rings. The van der Waals surface area contributed by atoms with E-state index >= 15 is 0 Å². The molecule has 8 nitrogen and oxygen atoms in total. The fraction of sp³-hybridized carbons (Fsp3) is 0. The number of phenols is 2. The topological polar surface area (TPSA) is 167 Å². The highest BCUT2D eigenvalue weighted by molar-refractivity contribution is 7.79. The molecule has 2 rings (SSSR count). The van der Waals surface area contributed by atoms with Crippen molar-refractivity contribution in [3.05, 3.63) is 48.5 Å². The lowest BCUT2D eigenvalue weighted by molar-refractivity contribution is 0.381. The first-order valence-corrected chi connectivity index (χ1v) is 6.77. The fourth-order valence-corrected chi connectivity index (χ4v) is 0.975. The van der Waals surface area contributed by atoms with Crippen LogP contribution in [-0.4, -0.2) is 27.7 Å². The Bertz CT molecular complexity index is 567. The Morgan fingerprint density at radius 1 is 0.714 bits per heavy atom. The second-order valence-electron chi connectivity index (χ2n) is 3.57. The van der Waals surface area contributed by atoms with Gasteiger partial charge in [-0.25, -0.2) is 0 Å². The van der Waals surface area contributed by atoms with Crippen LogP contribution in [0.15, 0.2) is 48.5 Å². The van der Waals surface area contributed by atoms with Crippen molar-refractivity contribution in [2.45, 2.75) is 0 Å². The van der Waals surface area contributed by atoms with E-state index in [0.29, 0.717) is 11.4 Å². The number of benzene rings is 2. The first-order valence-electron chi connectivity index (χ1n) is 5.38. The van der Waals surface area contributed by atoms with Gasteiger partial charge >= 0.3 is 10.4 Å². The highest BCUT2D eigenvalue weighted by Gasteiger charge is 1.88. The zero-order valence-electron chi connectivity index (χ0n) is 10.8. The summed E-state index contributed by atoms with van der Waals surface area (Å²) in [6, 6.07) is 13.4. The highest BCUT2D eigenvalue weighted by atomic mass is 32.3. The maximum Gasteiger partial charge on any atom is 0.394 e. The third-order valence-electron chi connectivity index (χ3n) is 1.87. The van der Waals surface area contributed by atoms with Gasteiger partial charge in [-0.1, -0.05) is 24.3 Å². The summed E-state index contributed by atoms with van der Waals surface area (Å²) in [7, 11) is -4.67. The summed E-state index contributed by atoms with van der Waals surface area (Å²) in [5.74, 6) is 0.292. The molecule has 0 saturated heterocycles. The Balaban J connectivity index is 0.000000296. The number of para-hydroxylation sites is 4. The lowest BCUT2D eigenvalue weighted by Gasteiger charge is -1.92. The molecule has 0 aliphatic carbocycles. The van der Waals surface area contributed by atoms with Crippen molar-refractivity contribution in [1.29, 1.82) is 0 Å². The normalized spacial score (nSPS) is 9.62. The van der Waals surface area contributed by atoms with E-state index in [2.05, 4.69) is 0 Å². The van der Waals surface area contributed by atoms with Crippen LogP contribution in [0.2, 0.25) is 0 Å². The largest absolute Gasteiger partial charge is 0.506 e. The summed E-state index contributed by atoms with van der Waals surface area (Å²) in [4.78, 5) is 0. The van der Waals surface area contributed by atoms with E-state index in [1.807, 2.05) is 0 Å². The van der Waals surface area contributed by atoms with Gasteiger partial charge in [0, 0.05) is 0 Å². The molecule has 0 unspecified atom stereocenters. The summed E-state index contributed by atoms with van der Waals surface area (Å²) in [5.41, 5.74) is 11.4. The molecular weight excluding hydrogens is 300 g/mol. The molecular formula is C12H16N2O6S. The smallest absolute Gasteiger partial charge is 0.394 e. The predicted molar refractivity (Wildman–Crippen MR) is 79.2 cm³/mol. The van der Waals surface area contributed by atoms with Crippen LogP contribution in [0.1, 0.15) is 0 Å². The maximum absolute atomic E-state index is 8.79. The number of hydrogen-bond donors (Lipinski definition) is 6. The van der Waals surface area contributed by atoms with E-state index in [1.165, 1.54) is 0 Å². The Labute approximate surface area is 121 Å². The number of aromatic hydroxyl groups is 2. The van der Waals surface area contributed by atoms with Gasteiger partial charge in [0.25, 0.3) is 0 Å². The van der Waals surface area contributed by atoms with Crippen LogP contribution in [0.3, 0.4) is 0 Å². The van der Waals surface area contributed by atoms with Gasteiger partial charge in [-0.2, -0.15) is 8.42 Å². The molecule has 21 heavy (non-hydrogen) atoms. The fourth-order valence-electron chi connectivity index (χ4n) is 0.975. The van der Waals surface area contributed by atoms with Crippen molar-refractivity contribution in [2.24, 2.45) is 0 Å². The van der Waals surface area contributed by atoms with Crippen molar-refractivity contribution >= 4 is 21.8 Å². The minimum absolute atomic E-state index is 0.146. The average Bonchev–Trinajstić information content (AvgIpc) is 2.35. The van der Waals surface area contributed by atoms with Gasteiger partial charge in [0.05, 0.1) is 11.4 Å². The molecule has 116 valence electrons.